The molecule has 20 heavy (non-hydrogen) atoms. The van der Waals surface area contributed by atoms with Gasteiger partial charge in [0.2, 0.25) is 0 Å². The lowest BCUT2D eigenvalue weighted by molar-refractivity contribution is -0.288. The lowest BCUT2D eigenvalue weighted by Gasteiger charge is -2.38. The fraction of sp³-hybridized carbons (Fsp3) is 0.500. The quantitative estimate of drug-likeness (QED) is 0.288. The molecule has 0 saturated carbocycles. The van der Waals surface area contributed by atoms with Gasteiger partial charge in [-0.05, 0) is 6.92 Å². The van der Waals surface area contributed by atoms with Gasteiger partial charge in [-0.15, -0.1) is 0 Å². The summed E-state index contributed by atoms with van der Waals surface area (Å²) in [6.45, 7) is 1.86. The largest absolute Gasteiger partial charge is 0.507 e. The highest BCUT2D eigenvalue weighted by molar-refractivity contribution is 5.58. The van der Waals surface area contributed by atoms with E-state index in [-0.39, 0.29) is 26.3 Å². The van der Waals surface area contributed by atoms with Crippen LogP contribution in [0.1, 0.15) is 11.1 Å². The molecule has 0 spiro atoms. The smallest absolute Gasteiger partial charge is 0.261 e. The summed E-state index contributed by atoms with van der Waals surface area (Å²) in [5.74, 6) is -7.05. The van der Waals surface area contributed by atoms with E-state index in [0.717, 1.165) is 11.8 Å². The van der Waals surface area contributed by atoms with Crippen molar-refractivity contribution in [3.05, 3.63) is 16.9 Å². The van der Waals surface area contributed by atoms with Crippen molar-refractivity contribution < 1.29 is 34.7 Å². The lowest BCUT2D eigenvalue weighted by Crippen LogP contribution is -2.51. The minimum Gasteiger partial charge on any atom is -0.507 e. The third kappa shape index (κ3) is 2.16. The van der Waals surface area contributed by atoms with Crippen molar-refractivity contribution in [1.82, 2.24) is 4.90 Å². The van der Waals surface area contributed by atoms with Crippen LogP contribution in [0.3, 0.4) is 0 Å². The first-order chi connectivity index (χ1) is 9.28. The predicted octanol–water partition coefficient (Wildman–Crippen LogP) is -0.322. The summed E-state index contributed by atoms with van der Waals surface area (Å²) in [5, 5.41) is 49.4. The number of aliphatic hydroxyl groups is 2. The Labute approximate surface area is 114 Å². The van der Waals surface area contributed by atoms with Crippen molar-refractivity contribution >= 4 is 0 Å². The monoisotopic (exact) mass is 289 g/mol. The van der Waals surface area contributed by atoms with Crippen LogP contribution in [0.4, 0.5) is 4.39 Å². The van der Waals surface area contributed by atoms with Gasteiger partial charge in [0.05, 0.1) is 13.2 Å². The van der Waals surface area contributed by atoms with Crippen molar-refractivity contribution in [3.63, 3.8) is 0 Å². The van der Waals surface area contributed by atoms with Crippen LogP contribution in [-0.4, -0.2) is 56.7 Å². The molecule has 0 bridgehead atoms. The first-order valence-electron chi connectivity index (χ1n) is 5.99. The Bertz CT molecular complexity index is 498. The van der Waals surface area contributed by atoms with E-state index in [9.17, 15) is 29.9 Å². The second-order valence-electron chi connectivity index (χ2n) is 4.59. The standard InChI is InChI=1S/C12H16FNO6/c1-6-8(13)11(17)10(16)7(9(6)15)12(18,19)14-2-4-20-5-3-14/h15-19H,2-5H2,1H3. The number of nitrogens with zero attached hydrogens (tertiary/aromatic N) is 1. The number of ether oxygens (including phenoxy) is 1. The summed E-state index contributed by atoms with van der Waals surface area (Å²) >= 11 is 0. The van der Waals surface area contributed by atoms with Crippen molar-refractivity contribution in [1.29, 1.82) is 0 Å². The number of phenols is 3. The zero-order valence-corrected chi connectivity index (χ0v) is 10.8. The van der Waals surface area contributed by atoms with Crippen LogP contribution in [0.15, 0.2) is 0 Å². The Balaban J connectivity index is 2.56. The lowest BCUT2D eigenvalue weighted by atomic mass is 10.0. The molecule has 1 aromatic rings. The van der Waals surface area contributed by atoms with Gasteiger partial charge in [0.15, 0.2) is 17.3 Å². The molecule has 0 radical (unpaired) electrons. The van der Waals surface area contributed by atoms with Crippen LogP contribution in [-0.2, 0) is 10.6 Å². The third-order valence-electron chi connectivity index (χ3n) is 3.38. The van der Waals surface area contributed by atoms with Crippen molar-refractivity contribution in [2.75, 3.05) is 26.3 Å². The minimum absolute atomic E-state index is 0.128. The zero-order valence-electron chi connectivity index (χ0n) is 10.8. The Morgan fingerprint density at radius 3 is 2.15 bits per heavy atom. The highest BCUT2D eigenvalue weighted by Gasteiger charge is 2.42. The Morgan fingerprint density at radius 2 is 1.60 bits per heavy atom. The van der Waals surface area contributed by atoms with Gasteiger partial charge < -0.3 is 30.3 Å². The number of aromatic hydroxyl groups is 3. The molecular formula is C12H16FNO6. The van der Waals surface area contributed by atoms with Gasteiger partial charge in [-0.3, -0.25) is 0 Å². The summed E-state index contributed by atoms with van der Waals surface area (Å²) in [6.07, 6.45) is 0. The van der Waals surface area contributed by atoms with Gasteiger partial charge in [-0.25, -0.2) is 9.29 Å². The van der Waals surface area contributed by atoms with Gasteiger partial charge in [0, 0.05) is 18.7 Å². The van der Waals surface area contributed by atoms with Crippen LogP contribution in [0.2, 0.25) is 0 Å². The van der Waals surface area contributed by atoms with Crippen LogP contribution >= 0.6 is 0 Å². The molecule has 0 aliphatic carbocycles. The van der Waals surface area contributed by atoms with Gasteiger partial charge in [-0.2, -0.15) is 0 Å². The van der Waals surface area contributed by atoms with E-state index in [0.29, 0.717) is 0 Å². The van der Waals surface area contributed by atoms with E-state index in [2.05, 4.69) is 0 Å². The Kier molecular flexibility index (Phi) is 3.74. The van der Waals surface area contributed by atoms with Crippen LogP contribution in [0, 0.1) is 12.7 Å². The van der Waals surface area contributed by atoms with E-state index >= 15 is 0 Å². The fourth-order valence-electron chi connectivity index (χ4n) is 2.15. The van der Waals surface area contributed by atoms with Gasteiger partial charge >= 0.3 is 0 Å². The highest BCUT2D eigenvalue weighted by Crippen LogP contribution is 2.46. The maximum atomic E-state index is 13.5. The molecular weight excluding hydrogens is 273 g/mol. The summed E-state index contributed by atoms with van der Waals surface area (Å²) in [4.78, 5) is 1.13. The molecule has 0 atom stereocenters. The first-order valence-corrected chi connectivity index (χ1v) is 5.99. The van der Waals surface area contributed by atoms with Gasteiger partial charge in [0.1, 0.15) is 11.3 Å². The zero-order chi connectivity index (χ0) is 15.1. The highest BCUT2D eigenvalue weighted by atomic mass is 19.1. The topological polar surface area (TPSA) is 114 Å². The van der Waals surface area contributed by atoms with Crippen LogP contribution in [0.25, 0.3) is 0 Å². The van der Waals surface area contributed by atoms with Crippen molar-refractivity contribution in [3.8, 4) is 17.2 Å². The van der Waals surface area contributed by atoms with Crippen LogP contribution < -0.4 is 0 Å². The van der Waals surface area contributed by atoms with Crippen molar-refractivity contribution in [2.24, 2.45) is 0 Å². The molecule has 1 heterocycles. The summed E-state index contributed by atoms with van der Waals surface area (Å²) < 4.78 is 18.6. The van der Waals surface area contributed by atoms with E-state index in [1.807, 2.05) is 0 Å². The molecule has 112 valence electrons. The molecule has 0 aromatic heterocycles. The molecule has 1 aliphatic rings. The number of hydrogen-bond acceptors (Lipinski definition) is 7. The predicted molar refractivity (Wildman–Crippen MR) is 64.6 cm³/mol. The summed E-state index contributed by atoms with van der Waals surface area (Å²) in [6, 6.07) is 0. The second kappa shape index (κ2) is 5.06. The molecule has 0 amide bonds. The van der Waals surface area contributed by atoms with Gasteiger partial charge in [0.25, 0.3) is 5.91 Å². The molecule has 1 aromatic carbocycles. The number of rotatable bonds is 2. The van der Waals surface area contributed by atoms with E-state index in [1.54, 1.807) is 0 Å². The maximum absolute atomic E-state index is 13.5. The van der Waals surface area contributed by atoms with E-state index < -0.39 is 40.1 Å². The minimum atomic E-state index is -2.76. The number of phenolic OH excluding ortho intramolecular Hbond substituents is 3. The van der Waals surface area contributed by atoms with E-state index in [1.165, 1.54) is 0 Å². The van der Waals surface area contributed by atoms with Crippen molar-refractivity contribution in [2.45, 2.75) is 12.8 Å². The third-order valence-corrected chi connectivity index (χ3v) is 3.38. The molecule has 1 fully saturated rings. The maximum Gasteiger partial charge on any atom is 0.261 e. The molecule has 0 unspecified atom stereocenters. The first kappa shape index (κ1) is 14.8. The number of halogens is 1. The molecule has 1 saturated heterocycles. The Morgan fingerprint density at radius 1 is 1.05 bits per heavy atom. The van der Waals surface area contributed by atoms with Gasteiger partial charge in [-0.1, -0.05) is 0 Å². The number of hydrogen-bond donors (Lipinski definition) is 5. The summed E-state index contributed by atoms with van der Waals surface area (Å²) in [7, 11) is 0. The summed E-state index contributed by atoms with van der Waals surface area (Å²) in [5.41, 5.74) is -1.15. The molecule has 8 heteroatoms. The molecule has 1 aliphatic heterocycles. The molecule has 5 N–H and O–H groups in total. The number of morpholine rings is 1. The Hall–Kier alpha value is -1.61. The average Bonchev–Trinajstić information content (AvgIpc) is 2.44. The number of benzene rings is 1. The average molecular weight is 289 g/mol. The molecule has 2 rings (SSSR count). The van der Waals surface area contributed by atoms with Crippen LogP contribution in [0.5, 0.6) is 17.2 Å². The second-order valence-corrected chi connectivity index (χ2v) is 4.59. The fourth-order valence-corrected chi connectivity index (χ4v) is 2.15. The SMILES string of the molecule is Cc1c(O)c(C(O)(O)N2CCOCC2)c(O)c(O)c1F. The normalized spacial score (nSPS) is 17.4. The van der Waals surface area contributed by atoms with E-state index in [4.69, 9.17) is 4.74 Å². The molecule has 7 nitrogen and oxygen atoms in total.